The summed E-state index contributed by atoms with van der Waals surface area (Å²) in [5.74, 6) is 0. The predicted molar refractivity (Wildman–Crippen MR) is 79.1 cm³/mol. The molecule has 0 atom stereocenters. The van der Waals surface area contributed by atoms with E-state index in [9.17, 15) is 4.79 Å². The lowest BCUT2D eigenvalue weighted by atomic mass is 9.73. The summed E-state index contributed by atoms with van der Waals surface area (Å²) in [5, 5.41) is 0. The van der Waals surface area contributed by atoms with Crippen molar-refractivity contribution in [3.8, 4) is 0 Å². The Morgan fingerprint density at radius 3 is 1.79 bits per heavy atom. The third kappa shape index (κ3) is 16.8. The first-order chi connectivity index (χ1) is 9.20. The summed E-state index contributed by atoms with van der Waals surface area (Å²) in [7, 11) is 1.42. The van der Waals surface area contributed by atoms with E-state index < -0.39 is 6.19 Å². The van der Waals surface area contributed by atoms with Gasteiger partial charge in [0, 0.05) is 25.6 Å². The van der Waals surface area contributed by atoms with Gasteiger partial charge in [0.2, 0.25) is 0 Å². The van der Waals surface area contributed by atoms with E-state index in [0.717, 1.165) is 0 Å². The largest absolute Gasteiger partial charge is 0.361 e. The number of pyridine rings is 1. The number of aromatic nitrogens is 1. The predicted octanol–water partition coefficient (Wildman–Crippen LogP) is 2.70. The maximum absolute atomic E-state index is 10.6. The highest BCUT2D eigenvalue weighted by Gasteiger charge is 2.12. The molecule has 1 heterocycles. The van der Waals surface area contributed by atoms with Gasteiger partial charge in [-0.1, -0.05) is 19.9 Å². The second-order valence-corrected chi connectivity index (χ2v) is 3.08. The summed E-state index contributed by atoms with van der Waals surface area (Å²) in [6, 6.07) is 5.72. The molecule has 0 aliphatic heterocycles. The molecule has 0 saturated carbocycles. The third-order valence-electron chi connectivity index (χ3n) is 1.60. The summed E-state index contributed by atoms with van der Waals surface area (Å²) in [6.07, 6.45) is 3.03. The van der Waals surface area contributed by atoms with Gasteiger partial charge in [0.1, 0.15) is 6.19 Å². The molecule has 0 unspecified atom stereocenters. The second-order valence-electron chi connectivity index (χ2n) is 3.08. The molecule has 0 bridgehead atoms. The highest BCUT2D eigenvalue weighted by atomic mass is 16.7. The Hall–Kier alpha value is -1.20. The minimum absolute atomic E-state index is 0.0306. The second kappa shape index (κ2) is 16.8. The van der Waals surface area contributed by atoms with E-state index in [4.69, 9.17) is 9.47 Å². The molecule has 1 radical (unpaired) electrons. The summed E-state index contributed by atoms with van der Waals surface area (Å²) >= 11 is 0. The Balaban J connectivity index is 0. The summed E-state index contributed by atoms with van der Waals surface area (Å²) in [6.45, 7) is 10.3. The minimum Gasteiger partial charge on any atom is -0.361 e. The lowest BCUT2D eigenvalue weighted by Crippen LogP contribution is -2.29. The molecule has 0 saturated heterocycles. The van der Waals surface area contributed by atoms with Crippen LogP contribution < -0.4 is 0 Å². The molecule has 0 spiro atoms. The maximum Gasteiger partial charge on any atom is 0.275 e. The molecule has 5 heteroatoms. The van der Waals surface area contributed by atoms with Gasteiger partial charge < -0.3 is 14.3 Å². The number of nitrogens with zero attached hydrogens (tertiary/aromatic N) is 1. The zero-order valence-electron chi connectivity index (χ0n) is 12.6. The number of carbonyl (C=O) groups excluding carboxylic acids is 1. The van der Waals surface area contributed by atoms with Gasteiger partial charge >= 0.3 is 0 Å². The maximum atomic E-state index is 10.6. The average molecular weight is 266 g/mol. The SMILES string of the molecule is CC.CCOC([B]C(C)=O)OCC.c1ccncc1. The van der Waals surface area contributed by atoms with Crippen molar-refractivity contribution in [1.29, 1.82) is 0 Å². The van der Waals surface area contributed by atoms with E-state index >= 15 is 0 Å². The Kier molecular flexibility index (Phi) is 17.8. The van der Waals surface area contributed by atoms with Crippen LogP contribution in [0.15, 0.2) is 30.6 Å². The number of rotatable bonds is 6. The van der Waals surface area contributed by atoms with Gasteiger partial charge in [0.05, 0.1) is 5.68 Å². The van der Waals surface area contributed by atoms with Crippen LogP contribution in [0.5, 0.6) is 0 Å². The van der Waals surface area contributed by atoms with Crippen molar-refractivity contribution in [2.24, 2.45) is 0 Å². The summed E-state index contributed by atoms with van der Waals surface area (Å²) in [4.78, 5) is 14.4. The Labute approximate surface area is 117 Å². The fourth-order valence-electron chi connectivity index (χ4n) is 0.977. The molecule has 19 heavy (non-hydrogen) atoms. The molecular formula is C14H25BNO3. The molecule has 0 N–H and O–H groups in total. The van der Waals surface area contributed by atoms with E-state index in [1.54, 1.807) is 12.4 Å². The molecule has 0 amide bonds. The molecule has 0 aliphatic rings. The number of hydrogen-bond donors (Lipinski definition) is 0. The van der Waals surface area contributed by atoms with Crippen LogP contribution in [-0.4, -0.2) is 37.3 Å². The Bertz CT molecular complexity index is 251. The molecule has 0 aromatic carbocycles. The van der Waals surface area contributed by atoms with E-state index in [1.165, 1.54) is 14.2 Å². The molecule has 1 rings (SSSR count). The van der Waals surface area contributed by atoms with Crippen molar-refractivity contribution in [1.82, 2.24) is 4.98 Å². The van der Waals surface area contributed by atoms with Crippen molar-refractivity contribution in [3.63, 3.8) is 0 Å². The standard InChI is InChI=1S/C7H14BO3.C5H5N.C2H6/c1-4-10-7(11-5-2)8-6(3)9;1-2-4-6-5-3-1;1-2/h7H,4-5H2,1-3H3;1-5H;1-2H3. The molecule has 1 aromatic rings. The van der Waals surface area contributed by atoms with Crippen LogP contribution in [0.2, 0.25) is 0 Å². The summed E-state index contributed by atoms with van der Waals surface area (Å²) in [5.41, 5.74) is -0.0306. The first-order valence-corrected chi connectivity index (χ1v) is 6.64. The van der Waals surface area contributed by atoms with Crippen molar-refractivity contribution >= 4 is 13.0 Å². The van der Waals surface area contributed by atoms with E-state index in [-0.39, 0.29) is 5.68 Å². The molecular weight excluding hydrogens is 241 g/mol. The molecule has 1 aromatic heterocycles. The van der Waals surface area contributed by atoms with Crippen molar-refractivity contribution < 1.29 is 14.3 Å². The average Bonchev–Trinajstić information content (AvgIpc) is 2.43. The first kappa shape index (κ1) is 20.1. The highest BCUT2D eigenvalue weighted by molar-refractivity contribution is 6.74. The lowest BCUT2D eigenvalue weighted by molar-refractivity contribution is -0.113. The monoisotopic (exact) mass is 266 g/mol. The smallest absolute Gasteiger partial charge is 0.275 e. The van der Waals surface area contributed by atoms with Crippen LogP contribution in [0.4, 0.5) is 0 Å². The van der Waals surface area contributed by atoms with Crippen LogP contribution in [-0.2, 0) is 14.3 Å². The fraction of sp³-hybridized carbons (Fsp3) is 0.571. The van der Waals surface area contributed by atoms with Crippen molar-refractivity contribution in [2.75, 3.05) is 13.2 Å². The number of carbonyl (C=O) groups is 1. The number of ether oxygens (including phenoxy) is 2. The van der Waals surface area contributed by atoms with Crippen LogP contribution in [0.25, 0.3) is 0 Å². The van der Waals surface area contributed by atoms with Gasteiger partial charge in [-0.15, -0.1) is 0 Å². The van der Waals surface area contributed by atoms with Gasteiger partial charge in [0.25, 0.3) is 7.28 Å². The van der Waals surface area contributed by atoms with Gasteiger partial charge in [-0.3, -0.25) is 4.98 Å². The molecule has 4 nitrogen and oxygen atoms in total. The van der Waals surface area contributed by atoms with Crippen LogP contribution >= 0.6 is 0 Å². The van der Waals surface area contributed by atoms with Crippen molar-refractivity contribution in [3.05, 3.63) is 30.6 Å². The molecule has 0 aliphatic carbocycles. The zero-order chi connectivity index (χ0) is 14.9. The molecule has 0 fully saturated rings. The Morgan fingerprint density at radius 1 is 1.11 bits per heavy atom. The van der Waals surface area contributed by atoms with Gasteiger partial charge in [-0.2, -0.15) is 0 Å². The quantitative estimate of drug-likeness (QED) is 0.586. The number of hydrogen-bond acceptors (Lipinski definition) is 4. The van der Waals surface area contributed by atoms with Crippen molar-refractivity contribution in [2.45, 2.75) is 40.8 Å². The van der Waals surface area contributed by atoms with Crippen LogP contribution in [0.1, 0.15) is 34.6 Å². The lowest BCUT2D eigenvalue weighted by Gasteiger charge is -2.13. The van der Waals surface area contributed by atoms with Crippen LogP contribution in [0.3, 0.4) is 0 Å². The zero-order valence-corrected chi connectivity index (χ0v) is 12.6. The van der Waals surface area contributed by atoms with Crippen LogP contribution in [0, 0.1) is 0 Å². The van der Waals surface area contributed by atoms with Gasteiger partial charge in [0.15, 0.2) is 0 Å². The first-order valence-electron chi connectivity index (χ1n) is 6.64. The minimum atomic E-state index is -0.470. The van der Waals surface area contributed by atoms with E-state index in [2.05, 4.69) is 4.98 Å². The van der Waals surface area contributed by atoms with Gasteiger partial charge in [-0.25, -0.2) is 0 Å². The van der Waals surface area contributed by atoms with Gasteiger partial charge in [-0.05, 0) is 32.9 Å². The normalized spacial score (nSPS) is 8.74. The third-order valence-corrected chi connectivity index (χ3v) is 1.60. The fourth-order valence-corrected chi connectivity index (χ4v) is 0.977. The summed E-state index contributed by atoms with van der Waals surface area (Å²) < 4.78 is 10.2. The van der Waals surface area contributed by atoms with E-state index in [0.29, 0.717) is 13.2 Å². The molecule has 107 valence electrons. The Morgan fingerprint density at radius 2 is 1.58 bits per heavy atom. The topological polar surface area (TPSA) is 48.4 Å². The van der Waals surface area contributed by atoms with E-state index in [1.807, 2.05) is 45.9 Å². The highest BCUT2D eigenvalue weighted by Crippen LogP contribution is 1.92.